The highest BCUT2D eigenvalue weighted by Crippen LogP contribution is 2.43. The van der Waals surface area contributed by atoms with Gasteiger partial charge in [-0.05, 0) is 89.5 Å². The Bertz CT molecular complexity index is 3500. The molecule has 0 atom stereocenters. The van der Waals surface area contributed by atoms with Crippen molar-refractivity contribution in [2.75, 3.05) is 4.90 Å². The Balaban J connectivity index is 1.00. The second kappa shape index (κ2) is 13.1. The number of benzene rings is 9. The first-order valence-electron chi connectivity index (χ1n) is 19.7. The molecule has 12 aromatic rings. The number of hydrogen-bond donors (Lipinski definition) is 0. The summed E-state index contributed by atoms with van der Waals surface area (Å²) in [5.41, 5.74) is 13.2. The monoisotopic (exact) mass is 758 g/mol. The van der Waals surface area contributed by atoms with Crippen molar-refractivity contribution >= 4 is 92.3 Å². The van der Waals surface area contributed by atoms with Crippen LogP contribution >= 0.6 is 11.3 Å². The van der Waals surface area contributed by atoms with Gasteiger partial charge in [-0.15, -0.1) is 11.3 Å². The fraction of sp³-hybridized carbons (Fsp3) is 0. The van der Waals surface area contributed by atoms with Gasteiger partial charge in [-0.2, -0.15) is 0 Å². The van der Waals surface area contributed by atoms with Gasteiger partial charge in [0, 0.05) is 70.0 Å². The summed E-state index contributed by atoms with van der Waals surface area (Å²) in [6.07, 6.45) is 0. The molecule has 3 heterocycles. The van der Waals surface area contributed by atoms with Gasteiger partial charge in [-0.25, -0.2) is 0 Å². The minimum absolute atomic E-state index is 0.906. The predicted octanol–water partition coefficient (Wildman–Crippen LogP) is 15.9. The molecule has 0 saturated carbocycles. The van der Waals surface area contributed by atoms with E-state index in [-0.39, 0.29) is 0 Å². The van der Waals surface area contributed by atoms with Crippen LogP contribution in [0.4, 0.5) is 17.1 Å². The van der Waals surface area contributed by atoms with E-state index in [4.69, 9.17) is 4.42 Å². The summed E-state index contributed by atoms with van der Waals surface area (Å²) in [6, 6.07) is 74.4. The third kappa shape index (κ3) is 5.19. The maximum Gasteiger partial charge on any atom is 0.143 e. The minimum Gasteiger partial charge on any atom is -0.455 e. The fourth-order valence-corrected chi connectivity index (χ4v) is 10.0. The Morgan fingerprint density at radius 3 is 1.81 bits per heavy atom. The van der Waals surface area contributed by atoms with Crippen molar-refractivity contribution in [2.45, 2.75) is 0 Å². The average molecular weight is 759 g/mol. The number of nitrogens with zero attached hydrogens (tertiary/aromatic N) is 2. The van der Waals surface area contributed by atoms with Gasteiger partial charge in [0.2, 0.25) is 0 Å². The van der Waals surface area contributed by atoms with E-state index >= 15 is 0 Å². The maximum absolute atomic E-state index is 6.44. The minimum atomic E-state index is 0.906. The smallest absolute Gasteiger partial charge is 0.143 e. The number of para-hydroxylation sites is 4. The molecule has 0 fully saturated rings. The quantitative estimate of drug-likeness (QED) is 0.168. The summed E-state index contributed by atoms with van der Waals surface area (Å²) in [6.45, 7) is 0. The molecule has 0 aliphatic rings. The summed E-state index contributed by atoms with van der Waals surface area (Å²) in [5.74, 6) is 0. The lowest BCUT2D eigenvalue weighted by atomic mass is 10.0. The molecule has 0 aliphatic heterocycles. The van der Waals surface area contributed by atoms with Gasteiger partial charge in [0.15, 0.2) is 0 Å². The number of anilines is 3. The molecule has 0 spiro atoms. The summed E-state index contributed by atoms with van der Waals surface area (Å²) < 4.78 is 11.5. The van der Waals surface area contributed by atoms with Crippen LogP contribution in [0, 0.1) is 0 Å². The van der Waals surface area contributed by atoms with Crippen molar-refractivity contribution in [3.05, 3.63) is 206 Å². The molecule has 0 N–H and O–H groups in total. The summed E-state index contributed by atoms with van der Waals surface area (Å²) >= 11 is 1.86. The summed E-state index contributed by atoms with van der Waals surface area (Å²) in [5, 5.41) is 7.37. The van der Waals surface area contributed by atoms with Crippen LogP contribution in [0.3, 0.4) is 0 Å². The average Bonchev–Trinajstić information content (AvgIpc) is 3.96. The van der Waals surface area contributed by atoms with Crippen LogP contribution in [0.15, 0.2) is 211 Å². The lowest BCUT2D eigenvalue weighted by molar-refractivity contribution is 0.670. The Labute approximate surface area is 338 Å². The number of rotatable bonds is 6. The van der Waals surface area contributed by atoms with Crippen molar-refractivity contribution in [3.8, 4) is 27.9 Å². The standard InChI is InChI=1S/C54H34N2OS/c1-2-11-38(12-3-1)56-49-18-7-4-13-43(49)44-32-30-41(34-50(44)56)55(39-26-21-35(22-27-39)37-25-31-47-46-15-6-9-20-52(46)58-53(47)33-37)40-28-23-36(24-29-40)42-16-10-17-48-45-14-5-8-19-51(45)57-54(42)48/h1-34H. The van der Waals surface area contributed by atoms with E-state index in [1.807, 2.05) is 23.5 Å². The summed E-state index contributed by atoms with van der Waals surface area (Å²) in [7, 11) is 0. The molecule has 0 aliphatic carbocycles. The lowest BCUT2D eigenvalue weighted by Crippen LogP contribution is -2.10. The summed E-state index contributed by atoms with van der Waals surface area (Å²) in [4.78, 5) is 2.37. The molecule has 4 heteroatoms. The van der Waals surface area contributed by atoms with E-state index in [0.29, 0.717) is 0 Å². The van der Waals surface area contributed by atoms with Gasteiger partial charge in [-0.1, -0.05) is 133 Å². The third-order valence-electron chi connectivity index (χ3n) is 11.6. The fourth-order valence-electron chi connectivity index (χ4n) is 8.87. The zero-order chi connectivity index (χ0) is 38.2. The van der Waals surface area contributed by atoms with Gasteiger partial charge in [0.05, 0.1) is 11.0 Å². The van der Waals surface area contributed by atoms with E-state index in [2.05, 4.69) is 204 Å². The zero-order valence-electron chi connectivity index (χ0n) is 31.3. The van der Waals surface area contributed by atoms with Crippen LogP contribution in [0.5, 0.6) is 0 Å². The second-order valence-electron chi connectivity index (χ2n) is 14.9. The van der Waals surface area contributed by atoms with Crippen LogP contribution in [-0.4, -0.2) is 4.57 Å². The molecule has 12 rings (SSSR count). The molecule has 0 saturated heterocycles. The van der Waals surface area contributed by atoms with Crippen LogP contribution in [0.2, 0.25) is 0 Å². The third-order valence-corrected chi connectivity index (χ3v) is 12.7. The van der Waals surface area contributed by atoms with E-state index in [9.17, 15) is 0 Å². The number of aromatic nitrogens is 1. The highest BCUT2D eigenvalue weighted by molar-refractivity contribution is 7.25. The number of furan rings is 1. The molecule has 0 amide bonds. The SMILES string of the molecule is c1ccc(-n2c3ccccc3c3ccc(N(c4ccc(-c5ccc6c(c5)sc5ccccc56)cc4)c4ccc(-c5cccc6c5oc5ccccc56)cc4)cc32)cc1. The highest BCUT2D eigenvalue weighted by Gasteiger charge is 2.19. The molecular weight excluding hydrogens is 725 g/mol. The molecule has 272 valence electrons. The van der Waals surface area contributed by atoms with Crippen molar-refractivity contribution in [2.24, 2.45) is 0 Å². The van der Waals surface area contributed by atoms with Gasteiger partial charge < -0.3 is 13.9 Å². The van der Waals surface area contributed by atoms with Gasteiger partial charge in [0.1, 0.15) is 11.2 Å². The Kier molecular flexibility index (Phi) is 7.40. The molecule has 0 bridgehead atoms. The predicted molar refractivity (Wildman–Crippen MR) is 247 cm³/mol. The van der Waals surface area contributed by atoms with Gasteiger partial charge in [-0.3, -0.25) is 0 Å². The molecule has 0 radical (unpaired) electrons. The Morgan fingerprint density at radius 1 is 0.379 bits per heavy atom. The van der Waals surface area contributed by atoms with E-state index in [1.165, 1.54) is 47.6 Å². The topological polar surface area (TPSA) is 21.3 Å². The molecule has 3 aromatic heterocycles. The lowest BCUT2D eigenvalue weighted by Gasteiger charge is -2.26. The van der Waals surface area contributed by atoms with Crippen molar-refractivity contribution in [1.29, 1.82) is 0 Å². The zero-order valence-corrected chi connectivity index (χ0v) is 32.2. The molecule has 9 aromatic carbocycles. The van der Waals surface area contributed by atoms with Gasteiger partial charge in [0.25, 0.3) is 0 Å². The van der Waals surface area contributed by atoms with Crippen molar-refractivity contribution in [3.63, 3.8) is 0 Å². The highest BCUT2D eigenvalue weighted by atomic mass is 32.1. The first kappa shape index (κ1) is 32.8. The van der Waals surface area contributed by atoms with E-state index in [0.717, 1.165) is 61.3 Å². The first-order chi connectivity index (χ1) is 28.7. The second-order valence-corrected chi connectivity index (χ2v) is 16.0. The Morgan fingerprint density at radius 2 is 0.983 bits per heavy atom. The van der Waals surface area contributed by atoms with Crippen LogP contribution < -0.4 is 4.90 Å². The molecule has 58 heavy (non-hydrogen) atoms. The Hall–Kier alpha value is -7.40. The number of thiophene rings is 1. The molecule has 0 unspecified atom stereocenters. The number of fused-ring (bicyclic) bond motifs is 9. The number of hydrogen-bond acceptors (Lipinski definition) is 3. The van der Waals surface area contributed by atoms with E-state index in [1.54, 1.807) is 0 Å². The van der Waals surface area contributed by atoms with E-state index < -0.39 is 0 Å². The van der Waals surface area contributed by atoms with Crippen LogP contribution in [0.1, 0.15) is 0 Å². The molecular formula is C54H34N2OS. The van der Waals surface area contributed by atoms with Crippen LogP contribution in [0.25, 0.3) is 91.9 Å². The first-order valence-corrected chi connectivity index (χ1v) is 20.5. The molecule has 3 nitrogen and oxygen atoms in total. The normalized spacial score (nSPS) is 11.8. The van der Waals surface area contributed by atoms with Crippen molar-refractivity contribution < 1.29 is 4.42 Å². The van der Waals surface area contributed by atoms with Crippen LogP contribution in [-0.2, 0) is 0 Å². The largest absolute Gasteiger partial charge is 0.455 e. The van der Waals surface area contributed by atoms with Gasteiger partial charge >= 0.3 is 0 Å². The van der Waals surface area contributed by atoms with Crippen molar-refractivity contribution in [1.82, 2.24) is 4.57 Å². The maximum atomic E-state index is 6.44.